The van der Waals surface area contributed by atoms with Crippen molar-refractivity contribution in [1.82, 2.24) is 15.2 Å². The second-order valence-electron chi connectivity index (χ2n) is 3.63. The van der Waals surface area contributed by atoms with Crippen molar-refractivity contribution in [2.75, 3.05) is 17.2 Å². The first-order valence-electron chi connectivity index (χ1n) is 5.61. The average Bonchev–Trinajstić information content (AvgIpc) is 2.77. The zero-order chi connectivity index (χ0) is 13.8. The van der Waals surface area contributed by atoms with Gasteiger partial charge >= 0.3 is 0 Å². The molecule has 0 saturated heterocycles. The van der Waals surface area contributed by atoms with Crippen molar-refractivity contribution in [3.63, 3.8) is 0 Å². The minimum atomic E-state index is -0.678. The first kappa shape index (κ1) is 13.3. The minimum absolute atomic E-state index is 0.0589. The van der Waals surface area contributed by atoms with Crippen LogP contribution in [0.3, 0.4) is 0 Å². The molecule has 0 aromatic carbocycles. The number of pyridine rings is 1. The number of aryl methyl sites for hydroxylation is 1. The Balaban J connectivity index is 2.21. The number of nitrogens with one attached hydrogen (secondary N) is 2. The molecule has 6 nitrogen and oxygen atoms in total. The van der Waals surface area contributed by atoms with Crippen LogP contribution in [0, 0.1) is 12.7 Å². The maximum absolute atomic E-state index is 14.0. The van der Waals surface area contributed by atoms with Crippen molar-refractivity contribution < 1.29 is 9.18 Å². The van der Waals surface area contributed by atoms with E-state index in [0.29, 0.717) is 11.7 Å². The largest absolute Gasteiger partial charge is 0.368 e. The van der Waals surface area contributed by atoms with Gasteiger partial charge in [-0.25, -0.2) is 9.37 Å². The zero-order valence-electron chi connectivity index (χ0n) is 10.4. The number of carbonyl (C=O) groups excluding carboxylic acids is 1. The van der Waals surface area contributed by atoms with Gasteiger partial charge in [0.05, 0.1) is 5.56 Å². The molecule has 0 aliphatic heterocycles. The number of aromatic nitrogens is 3. The predicted molar refractivity (Wildman–Crippen MR) is 71.0 cm³/mol. The van der Waals surface area contributed by atoms with E-state index in [1.807, 2.05) is 6.92 Å². The van der Waals surface area contributed by atoms with Crippen molar-refractivity contribution >= 4 is 28.2 Å². The molecule has 1 amide bonds. The fraction of sp³-hybridized carbons (Fsp3) is 0.273. The van der Waals surface area contributed by atoms with Crippen molar-refractivity contribution in [2.45, 2.75) is 13.8 Å². The fourth-order valence-electron chi connectivity index (χ4n) is 1.42. The summed E-state index contributed by atoms with van der Waals surface area (Å²) in [5.74, 6) is -1.19. The molecule has 2 N–H and O–H groups in total. The lowest BCUT2D eigenvalue weighted by molar-refractivity contribution is 0.102. The van der Waals surface area contributed by atoms with Gasteiger partial charge < -0.3 is 5.32 Å². The van der Waals surface area contributed by atoms with Crippen molar-refractivity contribution in [3.8, 4) is 0 Å². The van der Waals surface area contributed by atoms with E-state index in [1.54, 1.807) is 6.92 Å². The number of anilines is 2. The Morgan fingerprint density at radius 3 is 2.89 bits per heavy atom. The molecule has 8 heteroatoms. The number of halogens is 1. The highest BCUT2D eigenvalue weighted by molar-refractivity contribution is 7.15. The molecule has 0 spiro atoms. The third-order valence-electron chi connectivity index (χ3n) is 2.22. The monoisotopic (exact) mass is 281 g/mol. The molecule has 0 saturated carbocycles. The van der Waals surface area contributed by atoms with Crippen LogP contribution in [-0.2, 0) is 0 Å². The molecule has 2 aromatic rings. The number of carbonyl (C=O) groups is 1. The third-order valence-corrected chi connectivity index (χ3v) is 2.98. The summed E-state index contributed by atoms with van der Waals surface area (Å²) in [5, 5.41) is 13.8. The lowest BCUT2D eigenvalue weighted by Gasteiger charge is -2.07. The van der Waals surface area contributed by atoms with Crippen LogP contribution in [-0.4, -0.2) is 27.6 Å². The molecule has 0 aliphatic carbocycles. The lowest BCUT2D eigenvalue weighted by Crippen LogP contribution is -2.15. The van der Waals surface area contributed by atoms with Crippen LogP contribution in [0.5, 0.6) is 0 Å². The second-order valence-corrected chi connectivity index (χ2v) is 4.81. The van der Waals surface area contributed by atoms with Gasteiger partial charge in [-0.2, -0.15) is 0 Å². The molecule has 19 heavy (non-hydrogen) atoms. The average molecular weight is 281 g/mol. The summed E-state index contributed by atoms with van der Waals surface area (Å²) in [6.07, 6.45) is 1.38. The Labute approximate surface area is 113 Å². The minimum Gasteiger partial charge on any atom is -0.368 e. The molecule has 2 heterocycles. The first-order valence-corrected chi connectivity index (χ1v) is 6.43. The van der Waals surface area contributed by atoms with Crippen LogP contribution in [0.15, 0.2) is 12.3 Å². The first-order chi connectivity index (χ1) is 9.11. The normalized spacial score (nSPS) is 10.3. The standard InChI is InChI=1S/C11H12FN5OS/c1-3-13-9-8(12)7(4-5-14-9)10(18)15-11-17-16-6(2)19-11/h4-5H,3H2,1-2H3,(H,13,14)(H,15,17,18). The van der Waals surface area contributed by atoms with Crippen molar-refractivity contribution in [2.24, 2.45) is 0 Å². The number of rotatable bonds is 4. The molecule has 2 aromatic heterocycles. The van der Waals surface area contributed by atoms with E-state index < -0.39 is 11.7 Å². The molecular formula is C11H12FN5OS. The van der Waals surface area contributed by atoms with Gasteiger partial charge in [0.15, 0.2) is 11.6 Å². The van der Waals surface area contributed by atoms with E-state index in [2.05, 4.69) is 25.8 Å². The Morgan fingerprint density at radius 2 is 2.26 bits per heavy atom. The Kier molecular flexibility index (Phi) is 4.00. The van der Waals surface area contributed by atoms with Gasteiger partial charge in [0.1, 0.15) is 5.01 Å². The summed E-state index contributed by atoms with van der Waals surface area (Å²) >= 11 is 1.22. The maximum atomic E-state index is 14.0. The molecular weight excluding hydrogens is 269 g/mol. The van der Waals surface area contributed by atoms with E-state index >= 15 is 0 Å². The topological polar surface area (TPSA) is 79.8 Å². The molecule has 0 aliphatic rings. The Morgan fingerprint density at radius 1 is 1.47 bits per heavy atom. The molecule has 0 radical (unpaired) electrons. The van der Waals surface area contributed by atoms with E-state index in [-0.39, 0.29) is 11.4 Å². The summed E-state index contributed by atoms with van der Waals surface area (Å²) in [6, 6.07) is 1.32. The van der Waals surface area contributed by atoms with Gasteiger partial charge in [-0.15, -0.1) is 10.2 Å². The van der Waals surface area contributed by atoms with Crippen molar-refractivity contribution in [3.05, 3.63) is 28.7 Å². The summed E-state index contributed by atoms with van der Waals surface area (Å²) in [5.41, 5.74) is -0.0844. The highest BCUT2D eigenvalue weighted by Crippen LogP contribution is 2.18. The number of nitrogens with zero attached hydrogens (tertiary/aromatic N) is 3. The molecule has 2 rings (SSSR count). The van der Waals surface area contributed by atoms with Crippen LogP contribution in [0.25, 0.3) is 0 Å². The zero-order valence-corrected chi connectivity index (χ0v) is 11.2. The molecule has 100 valence electrons. The van der Waals surface area contributed by atoms with E-state index in [9.17, 15) is 9.18 Å². The highest BCUT2D eigenvalue weighted by Gasteiger charge is 2.17. The lowest BCUT2D eigenvalue weighted by atomic mass is 10.2. The van der Waals surface area contributed by atoms with Crippen molar-refractivity contribution in [1.29, 1.82) is 0 Å². The molecule has 0 atom stereocenters. The maximum Gasteiger partial charge on any atom is 0.260 e. The number of hydrogen-bond acceptors (Lipinski definition) is 6. The Bertz CT molecular complexity index is 601. The van der Waals surface area contributed by atoms with Gasteiger partial charge in [-0.3, -0.25) is 10.1 Å². The number of amides is 1. The quantitative estimate of drug-likeness (QED) is 0.896. The highest BCUT2D eigenvalue weighted by atomic mass is 32.1. The molecule has 0 fully saturated rings. The van der Waals surface area contributed by atoms with E-state index in [4.69, 9.17) is 0 Å². The van der Waals surface area contributed by atoms with Gasteiger partial charge in [0.25, 0.3) is 5.91 Å². The summed E-state index contributed by atoms with van der Waals surface area (Å²) < 4.78 is 14.0. The Hall–Kier alpha value is -2.09. The summed E-state index contributed by atoms with van der Waals surface area (Å²) in [6.45, 7) is 4.10. The van der Waals surface area contributed by atoms with Crippen LogP contribution >= 0.6 is 11.3 Å². The smallest absolute Gasteiger partial charge is 0.260 e. The van der Waals surface area contributed by atoms with Crippen LogP contribution in [0.1, 0.15) is 22.3 Å². The summed E-state index contributed by atoms with van der Waals surface area (Å²) in [7, 11) is 0. The van der Waals surface area contributed by atoms with Gasteiger partial charge in [-0.05, 0) is 19.9 Å². The van der Waals surface area contributed by atoms with Crippen LogP contribution in [0.2, 0.25) is 0 Å². The second kappa shape index (κ2) is 5.70. The molecule has 0 unspecified atom stereocenters. The van der Waals surface area contributed by atoms with E-state index in [1.165, 1.54) is 23.6 Å². The van der Waals surface area contributed by atoms with E-state index in [0.717, 1.165) is 5.01 Å². The van der Waals surface area contributed by atoms with Gasteiger partial charge in [0, 0.05) is 12.7 Å². The van der Waals surface area contributed by atoms with Gasteiger partial charge in [0.2, 0.25) is 5.13 Å². The van der Waals surface area contributed by atoms with Crippen LogP contribution in [0.4, 0.5) is 15.3 Å². The number of hydrogen-bond donors (Lipinski definition) is 2. The summed E-state index contributed by atoms with van der Waals surface area (Å²) in [4.78, 5) is 15.8. The third kappa shape index (κ3) is 3.02. The predicted octanol–water partition coefficient (Wildman–Crippen LogP) is 2.06. The fourth-order valence-corrected chi connectivity index (χ4v) is 2.01. The van der Waals surface area contributed by atoms with Gasteiger partial charge in [-0.1, -0.05) is 11.3 Å². The SMILES string of the molecule is CCNc1nccc(C(=O)Nc2nnc(C)s2)c1F. The van der Waals surface area contributed by atoms with Crippen LogP contribution < -0.4 is 10.6 Å². The molecule has 0 bridgehead atoms.